The van der Waals surface area contributed by atoms with Crippen molar-refractivity contribution >= 4 is 0 Å². The molecule has 0 saturated carbocycles. The van der Waals surface area contributed by atoms with E-state index < -0.39 is 0 Å². The second-order valence-corrected chi connectivity index (χ2v) is 4.06. The molecule has 0 aromatic carbocycles. The summed E-state index contributed by atoms with van der Waals surface area (Å²) in [6.07, 6.45) is 11.1. The Labute approximate surface area is 87.8 Å². The zero-order chi connectivity index (χ0) is 10.2. The van der Waals surface area contributed by atoms with Crippen molar-refractivity contribution in [1.29, 1.82) is 0 Å². The highest BCUT2D eigenvalue weighted by Gasteiger charge is 2.14. The molecule has 2 N–H and O–H groups in total. The van der Waals surface area contributed by atoms with Gasteiger partial charge in [0.25, 0.3) is 0 Å². The highest BCUT2D eigenvalue weighted by molar-refractivity contribution is 4.90. The largest absolute Gasteiger partial charge is 0.317 e. The van der Waals surface area contributed by atoms with E-state index >= 15 is 0 Å². The monoisotopic (exact) mass is 194 g/mol. The average Bonchev–Trinajstić information content (AvgIpc) is 2.45. The summed E-state index contributed by atoms with van der Waals surface area (Å²) < 4.78 is 0. The molecule has 80 valence electrons. The molecule has 2 nitrogen and oxygen atoms in total. The number of nitrogens with one attached hydrogen (secondary N) is 2. The fourth-order valence-corrected chi connectivity index (χ4v) is 1.98. The zero-order valence-electron chi connectivity index (χ0n) is 9.18. The summed E-state index contributed by atoms with van der Waals surface area (Å²) in [6, 6.07) is 1.19. The Bertz CT molecular complexity index is 175. The summed E-state index contributed by atoms with van der Waals surface area (Å²) in [4.78, 5) is 0. The Balaban J connectivity index is 2.28. The highest BCUT2D eigenvalue weighted by Crippen LogP contribution is 2.08. The molecule has 1 fully saturated rings. The zero-order valence-corrected chi connectivity index (χ0v) is 9.18. The van der Waals surface area contributed by atoms with Crippen molar-refractivity contribution in [3.8, 4) is 12.3 Å². The Morgan fingerprint density at radius 3 is 3.07 bits per heavy atom. The number of hydrogen-bond acceptors (Lipinski definition) is 2. The van der Waals surface area contributed by atoms with Crippen LogP contribution in [0.1, 0.15) is 39.0 Å². The maximum Gasteiger partial charge on any atom is 0.0240 e. The van der Waals surface area contributed by atoms with Gasteiger partial charge in [-0.15, -0.1) is 12.3 Å². The predicted molar refractivity (Wildman–Crippen MR) is 61.2 cm³/mol. The first-order valence-electron chi connectivity index (χ1n) is 5.77. The van der Waals surface area contributed by atoms with Crippen molar-refractivity contribution < 1.29 is 0 Å². The highest BCUT2D eigenvalue weighted by atomic mass is 15.0. The van der Waals surface area contributed by atoms with Crippen LogP contribution >= 0.6 is 0 Å². The van der Waals surface area contributed by atoms with Crippen LogP contribution in [0.3, 0.4) is 0 Å². The van der Waals surface area contributed by atoms with Gasteiger partial charge in [-0.2, -0.15) is 0 Å². The summed E-state index contributed by atoms with van der Waals surface area (Å²) >= 11 is 0. The lowest BCUT2D eigenvalue weighted by molar-refractivity contribution is 0.394. The summed E-state index contributed by atoms with van der Waals surface area (Å²) in [5, 5.41) is 7.08. The molecule has 0 radical (unpaired) electrons. The molecule has 2 unspecified atom stereocenters. The minimum absolute atomic E-state index is 0.517. The lowest BCUT2D eigenvalue weighted by Crippen LogP contribution is -2.38. The van der Waals surface area contributed by atoms with E-state index in [9.17, 15) is 0 Å². The summed E-state index contributed by atoms with van der Waals surface area (Å²) in [7, 11) is 0. The fraction of sp³-hybridized carbons (Fsp3) is 0.833. The molecule has 14 heavy (non-hydrogen) atoms. The maximum absolute atomic E-state index is 5.34. The summed E-state index contributed by atoms with van der Waals surface area (Å²) in [6.45, 7) is 4.51. The van der Waals surface area contributed by atoms with Crippen LogP contribution in [0.25, 0.3) is 0 Å². The van der Waals surface area contributed by atoms with E-state index in [1.807, 2.05) is 0 Å². The quantitative estimate of drug-likeness (QED) is 0.663. The first-order valence-corrected chi connectivity index (χ1v) is 5.77. The fourth-order valence-electron chi connectivity index (χ4n) is 1.98. The molecule has 0 spiro atoms. The Kier molecular flexibility index (Phi) is 5.66. The van der Waals surface area contributed by atoms with Crippen LogP contribution in [0.4, 0.5) is 0 Å². The Morgan fingerprint density at radius 2 is 2.36 bits per heavy atom. The van der Waals surface area contributed by atoms with E-state index in [-0.39, 0.29) is 0 Å². The third-order valence-corrected chi connectivity index (χ3v) is 2.90. The van der Waals surface area contributed by atoms with Crippen LogP contribution in [-0.4, -0.2) is 25.2 Å². The summed E-state index contributed by atoms with van der Waals surface area (Å²) in [5.74, 6) is 2.75. The van der Waals surface area contributed by atoms with Crippen molar-refractivity contribution in [3.63, 3.8) is 0 Å². The standard InChI is InChI=1S/C12H22N2/c1-3-6-11(4-2)14-12-7-5-9-13-10-8-12/h1,11-14H,4-10H2,2H3. The molecule has 2 heteroatoms. The van der Waals surface area contributed by atoms with Crippen LogP contribution in [0.5, 0.6) is 0 Å². The van der Waals surface area contributed by atoms with Crippen molar-refractivity contribution in [1.82, 2.24) is 10.6 Å². The minimum atomic E-state index is 0.517. The van der Waals surface area contributed by atoms with Crippen molar-refractivity contribution in [2.75, 3.05) is 13.1 Å². The summed E-state index contributed by atoms with van der Waals surface area (Å²) in [5.41, 5.74) is 0. The molecule has 1 heterocycles. The molecule has 0 amide bonds. The van der Waals surface area contributed by atoms with E-state index in [2.05, 4.69) is 23.5 Å². The molecule has 0 aliphatic carbocycles. The van der Waals surface area contributed by atoms with Crippen molar-refractivity contribution in [3.05, 3.63) is 0 Å². The number of hydrogen-bond donors (Lipinski definition) is 2. The molecule has 1 aliphatic heterocycles. The van der Waals surface area contributed by atoms with Gasteiger partial charge in [0, 0.05) is 18.5 Å². The van der Waals surface area contributed by atoms with E-state index in [4.69, 9.17) is 6.42 Å². The van der Waals surface area contributed by atoms with Crippen LogP contribution in [0, 0.1) is 12.3 Å². The molecule has 0 aromatic rings. The SMILES string of the molecule is C#CCC(CC)NC1CCCNCC1. The average molecular weight is 194 g/mol. The van der Waals surface area contributed by atoms with Gasteiger partial charge in [0.1, 0.15) is 0 Å². The van der Waals surface area contributed by atoms with Gasteiger partial charge < -0.3 is 10.6 Å². The van der Waals surface area contributed by atoms with Crippen molar-refractivity contribution in [2.45, 2.75) is 51.1 Å². The third-order valence-electron chi connectivity index (χ3n) is 2.90. The topological polar surface area (TPSA) is 24.1 Å². The van der Waals surface area contributed by atoms with Gasteiger partial charge in [0.15, 0.2) is 0 Å². The van der Waals surface area contributed by atoms with Gasteiger partial charge >= 0.3 is 0 Å². The number of terminal acetylenes is 1. The molecule has 0 aromatic heterocycles. The van der Waals surface area contributed by atoms with Gasteiger partial charge in [-0.3, -0.25) is 0 Å². The first kappa shape index (κ1) is 11.6. The van der Waals surface area contributed by atoms with Crippen LogP contribution in [0.15, 0.2) is 0 Å². The van der Waals surface area contributed by atoms with Gasteiger partial charge in [0.2, 0.25) is 0 Å². The Morgan fingerprint density at radius 1 is 1.50 bits per heavy atom. The third kappa shape index (κ3) is 4.13. The van der Waals surface area contributed by atoms with Crippen LogP contribution in [0.2, 0.25) is 0 Å². The lowest BCUT2D eigenvalue weighted by Gasteiger charge is -2.22. The predicted octanol–water partition coefficient (Wildman–Crippen LogP) is 1.52. The van der Waals surface area contributed by atoms with Gasteiger partial charge in [-0.1, -0.05) is 6.92 Å². The molecule has 1 saturated heterocycles. The second kappa shape index (κ2) is 6.86. The molecule has 1 rings (SSSR count). The molecular formula is C12H22N2. The number of rotatable bonds is 4. The van der Waals surface area contributed by atoms with Gasteiger partial charge in [-0.25, -0.2) is 0 Å². The van der Waals surface area contributed by atoms with Crippen molar-refractivity contribution in [2.24, 2.45) is 0 Å². The smallest absolute Gasteiger partial charge is 0.0240 e. The minimum Gasteiger partial charge on any atom is -0.317 e. The Hall–Kier alpha value is -0.520. The van der Waals surface area contributed by atoms with Gasteiger partial charge in [-0.05, 0) is 38.8 Å². The van der Waals surface area contributed by atoms with Gasteiger partial charge in [0.05, 0.1) is 0 Å². The van der Waals surface area contributed by atoms with E-state index in [0.29, 0.717) is 12.1 Å². The van der Waals surface area contributed by atoms with E-state index in [1.165, 1.54) is 25.8 Å². The molecule has 0 bridgehead atoms. The second-order valence-electron chi connectivity index (χ2n) is 4.06. The normalized spacial score (nSPS) is 25.0. The maximum atomic E-state index is 5.34. The van der Waals surface area contributed by atoms with E-state index in [1.54, 1.807) is 0 Å². The first-order chi connectivity index (χ1) is 6.86. The molecular weight excluding hydrogens is 172 g/mol. The molecule has 1 aliphatic rings. The van der Waals surface area contributed by atoms with Crippen LogP contribution < -0.4 is 10.6 Å². The lowest BCUT2D eigenvalue weighted by atomic mass is 10.1. The van der Waals surface area contributed by atoms with Crippen LogP contribution in [-0.2, 0) is 0 Å². The van der Waals surface area contributed by atoms with E-state index in [0.717, 1.165) is 19.4 Å². The molecule has 2 atom stereocenters.